The third-order valence-electron chi connectivity index (χ3n) is 10.4. The van der Waals surface area contributed by atoms with E-state index in [-0.39, 0.29) is 33.8 Å². The number of fused-ring (bicyclic) bond motifs is 4. The first-order valence-corrected chi connectivity index (χ1v) is 19.1. The highest BCUT2D eigenvalue weighted by Gasteiger charge is 2.20. The van der Waals surface area contributed by atoms with Crippen molar-refractivity contribution in [1.82, 2.24) is 24.1 Å². The highest BCUT2D eigenvalue weighted by atomic mass is 16.5. The molecule has 8 heteroatoms. The van der Waals surface area contributed by atoms with Crippen molar-refractivity contribution in [2.45, 2.75) is 0 Å². The number of hydrogen-bond donors (Lipinski definition) is 0. The third-order valence-corrected chi connectivity index (χ3v) is 10.4. The van der Waals surface area contributed by atoms with Crippen LogP contribution in [0.25, 0.3) is 83.4 Å². The van der Waals surface area contributed by atoms with Gasteiger partial charge in [0.15, 0.2) is 0 Å². The van der Waals surface area contributed by atoms with Crippen molar-refractivity contribution >= 4 is 32.8 Å². The van der Waals surface area contributed by atoms with Gasteiger partial charge in [0, 0.05) is 46.6 Å². The molecule has 11 rings (SSSR count). The number of aromatic nitrogens is 6. The van der Waals surface area contributed by atoms with Gasteiger partial charge in [0.1, 0.15) is 23.4 Å². The predicted molar refractivity (Wildman–Crippen MR) is 239 cm³/mol. The molecule has 0 N–H and O–H groups in total. The summed E-state index contributed by atoms with van der Waals surface area (Å²) in [6.07, 6.45) is 8.34. The molecule has 0 aliphatic heterocycles. The molecule has 0 aliphatic rings. The Balaban J connectivity index is 1.04. The molecular formula is C53H33N7O. The molecule has 0 radical (unpaired) electrons. The topological polar surface area (TPSA) is 85.4 Å². The van der Waals surface area contributed by atoms with Crippen molar-refractivity contribution in [1.29, 1.82) is 5.26 Å². The summed E-state index contributed by atoms with van der Waals surface area (Å²) in [6.45, 7) is 0. The highest BCUT2D eigenvalue weighted by molar-refractivity contribution is 6.09. The highest BCUT2D eigenvalue weighted by Crippen LogP contribution is 2.37. The summed E-state index contributed by atoms with van der Waals surface area (Å²) in [4.78, 5) is 13.0. The fourth-order valence-electron chi connectivity index (χ4n) is 7.68. The lowest BCUT2D eigenvalue weighted by molar-refractivity contribution is -0.571. The molecule has 0 amide bonds. The van der Waals surface area contributed by atoms with E-state index in [2.05, 4.69) is 26.9 Å². The van der Waals surface area contributed by atoms with Gasteiger partial charge in [-0.2, -0.15) is 5.26 Å². The van der Waals surface area contributed by atoms with E-state index in [4.69, 9.17) is 28.7 Å². The Labute approximate surface area is 365 Å². The zero-order chi connectivity index (χ0) is 49.4. The summed E-state index contributed by atoms with van der Waals surface area (Å²) in [5.41, 5.74) is 5.24. The minimum absolute atomic E-state index is 0.0825. The Bertz CT molecular complexity index is 3910. The van der Waals surface area contributed by atoms with Crippen molar-refractivity contribution in [3.63, 3.8) is 0 Å². The van der Waals surface area contributed by atoms with E-state index >= 15 is 0 Å². The second kappa shape index (κ2) is 14.9. The molecule has 0 saturated heterocycles. The van der Waals surface area contributed by atoms with Gasteiger partial charge in [0.2, 0.25) is 5.82 Å². The molecule has 0 spiro atoms. The molecular weight excluding hydrogens is 751 g/mol. The van der Waals surface area contributed by atoms with Gasteiger partial charge in [-0.25, -0.2) is 15.0 Å². The van der Waals surface area contributed by atoms with E-state index in [0.29, 0.717) is 34.0 Å². The van der Waals surface area contributed by atoms with E-state index in [1.54, 1.807) is 52.0 Å². The number of hydrogen-bond acceptors (Lipinski definition) is 5. The second-order valence-corrected chi connectivity index (χ2v) is 13.9. The second-order valence-electron chi connectivity index (χ2n) is 13.9. The van der Waals surface area contributed by atoms with Crippen LogP contribution >= 0.6 is 0 Å². The first-order chi connectivity index (χ1) is 34.3. The maximum absolute atomic E-state index is 9.14. The number of para-hydroxylation sites is 4. The monoisotopic (exact) mass is 793 g/mol. The lowest BCUT2D eigenvalue weighted by atomic mass is 9.95. The number of nitrogens with zero attached hydrogens (tertiary/aromatic N) is 7. The van der Waals surface area contributed by atoms with Crippen LogP contribution in [0, 0.1) is 17.7 Å². The Hall–Kier alpha value is -8.67. The SMILES string of the molecule is [2H]c1c([2H])c([2H])c(-c2cccc(-c3c([2H])c([2H])c([2H])c([2H])c3[2H])c2-[n+]2[c-]n(-c3cccc(Oc4ccc5c6ccccc6n(-c6ccc(-c7cnc(C#N)nc7)cn6)c5c4)c3)c3ccccc32)c([2H])c1[2H]. The van der Waals surface area contributed by atoms with Gasteiger partial charge >= 0.3 is 0 Å². The third kappa shape index (κ3) is 6.34. The van der Waals surface area contributed by atoms with E-state index in [1.807, 2.05) is 97.1 Å². The van der Waals surface area contributed by atoms with Crippen LogP contribution in [0.1, 0.15) is 19.5 Å². The first-order valence-electron chi connectivity index (χ1n) is 24.1. The predicted octanol–water partition coefficient (Wildman–Crippen LogP) is 11.7. The van der Waals surface area contributed by atoms with Gasteiger partial charge in [-0.3, -0.25) is 13.7 Å². The fraction of sp³-hybridized carbons (Fsp3) is 0. The number of benzene rings is 7. The molecule has 0 aliphatic carbocycles. The normalized spacial score (nSPS) is 13.6. The molecule has 4 heterocycles. The average molecular weight is 794 g/mol. The van der Waals surface area contributed by atoms with Crippen LogP contribution < -0.4 is 9.30 Å². The first kappa shape index (κ1) is 26.4. The summed E-state index contributed by atoms with van der Waals surface area (Å²) >= 11 is 0. The molecule has 286 valence electrons. The number of pyridine rings is 1. The van der Waals surface area contributed by atoms with Crippen LogP contribution in [-0.4, -0.2) is 24.1 Å². The number of nitriles is 1. The maximum atomic E-state index is 9.14. The van der Waals surface area contributed by atoms with Gasteiger partial charge in [-0.15, -0.1) is 0 Å². The van der Waals surface area contributed by atoms with Crippen LogP contribution in [0.15, 0.2) is 200 Å². The van der Waals surface area contributed by atoms with E-state index in [0.717, 1.165) is 32.9 Å². The summed E-state index contributed by atoms with van der Waals surface area (Å²) in [6, 6.07) is 33.8. The zero-order valence-electron chi connectivity index (χ0n) is 41.8. The van der Waals surface area contributed by atoms with Crippen LogP contribution in [0.4, 0.5) is 0 Å². The van der Waals surface area contributed by atoms with Crippen molar-refractivity contribution < 1.29 is 23.0 Å². The summed E-state index contributed by atoms with van der Waals surface area (Å²) in [7, 11) is 0. The number of rotatable bonds is 8. The van der Waals surface area contributed by atoms with E-state index in [1.165, 1.54) is 0 Å². The molecule has 0 saturated carbocycles. The Kier molecular flexibility index (Phi) is 6.45. The van der Waals surface area contributed by atoms with Crippen LogP contribution in [0.2, 0.25) is 0 Å². The molecule has 0 atom stereocenters. The van der Waals surface area contributed by atoms with Gasteiger partial charge < -0.3 is 4.74 Å². The molecule has 61 heavy (non-hydrogen) atoms. The zero-order valence-corrected chi connectivity index (χ0v) is 31.8. The minimum atomic E-state index is -0.577. The largest absolute Gasteiger partial charge is 0.458 e. The van der Waals surface area contributed by atoms with Crippen molar-refractivity contribution in [3.8, 4) is 68.1 Å². The van der Waals surface area contributed by atoms with E-state index < -0.39 is 60.4 Å². The van der Waals surface area contributed by atoms with Crippen molar-refractivity contribution in [2.75, 3.05) is 0 Å². The Morgan fingerprint density at radius 2 is 1.23 bits per heavy atom. The molecule has 7 aromatic carbocycles. The molecule has 0 fully saturated rings. The lowest BCUT2D eigenvalue weighted by Crippen LogP contribution is -2.31. The summed E-state index contributed by atoms with van der Waals surface area (Å²) in [5.74, 6) is 1.77. The molecule has 11 aromatic rings. The van der Waals surface area contributed by atoms with Crippen molar-refractivity contribution in [2.24, 2.45) is 0 Å². The number of ether oxygens (including phenoxy) is 1. The van der Waals surface area contributed by atoms with Crippen LogP contribution in [-0.2, 0) is 0 Å². The van der Waals surface area contributed by atoms with Crippen LogP contribution in [0.5, 0.6) is 11.5 Å². The average Bonchev–Trinajstić information content (AvgIpc) is 3.95. The lowest BCUT2D eigenvalue weighted by Gasteiger charge is -2.17. The van der Waals surface area contributed by atoms with Crippen LogP contribution in [0.3, 0.4) is 0 Å². The van der Waals surface area contributed by atoms with Gasteiger partial charge in [0.05, 0.1) is 47.1 Å². The Morgan fingerprint density at radius 1 is 0.574 bits per heavy atom. The summed E-state index contributed by atoms with van der Waals surface area (Å²) in [5, 5.41) is 11.1. The summed E-state index contributed by atoms with van der Waals surface area (Å²) < 4.78 is 98.9. The molecule has 0 bridgehead atoms. The smallest absolute Gasteiger partial charge is 0.269 e. The number of imidazole rings is 1. The molecule has 0 unspecified atom stereocenters. The molecule has 4 aromatic heterocycles. The Morgan fingerprint density at radius 3 is 1.95 bits per heavy atom. The van der Waals surface area contributed by atoms with Gasteiger partial charge in [-0.1, -0.05) is 127 Å². The van der Waals surface area contributed by atoms with Gasteiger partial charge in [0.25, 0.3) is 6.33 Å². The maximum Gasteiger partial charge on any atom is 0.269 e. The van der Waals surface area contributed by atoms with E-state index in [9.17, 15) is 0 Å². The standard InChI is InChI=1S/C53H33N7O/c54-31-51-55-33-39(34-56-51)38-25-28-52(57-32-38)60-47-22-8-7-19-45(47)46-27-26-42(30-50(46)60)61-41-18-11-17-40(29-41)58-35-59(49-24-10-9-23-48(49)58)53-43(36-13-3-1-4-14-36)20-12-21-44(53)37-15-5-2-6-16-37/h1-30,32-34H/i1D,2D,3D,4D,5D,6D,13D,14D,15D,16D. The van der Waals surface area contributed by atoms with Gasteiger partial charge in [-0.05, 0) is 70.8 Å². The minimum Gasteiger partial charge on any atom is -0.458 e. The molecule has 8 nitrogen and oxygen atoms in total. The fourth-order valence-corrected chi connectivity index (χ4v) is 7.68. The quantitative estimate of drug-likeness (QED) is 0.113. The van der Waals surface area contributed by atoms with Crippen molar-refractivity contribution in [3.05, 3.63) is 212 Å².